The molecule has 7 nitrogen and oxygen atoms in total. The lowest BCUT2D eigenvalue weighted by atomic mass is 9.75. The molecule has 2 amide bonds. The van der Waals surface area contributed by atoms with E-state index < -0.39 is 41.2 Å². The second-order valence-corrected chi connectivity index (χ2v) is 10.9. The fourth-order valence-corrected chi connectivity index (χ4v) is 5.92. The van der Waals surface area contributed by atoms with Crippen molar-refractivity contribution in [3.8, 4) is 5.75 Å². The molecule has 10 heteroatoms. The van der Waals surface area contributed by atoms with Crippen molar-refractivity contribution < 1.29 is 24.6 Å². The van der Waals surface area contributed by atoms with Crippen LogP contribution < -0.4 is 10.2 Å². The van der Waals surface area contributed by atoms with E-state index in [0.717, 1.165) is 8.47 Å². The number of aliphatic carboxylic acids is 1. The van der Waals surface area contributed by atoms with Crippen molar-refractivity contribution >= 4 is 69.3 Å². The van der Waals surface area contributed by atoms with Crippen LogP contribution in [0.15, 0.2) is 36.4 Å². The molecule has 2 fully saturated rings. The van der Waals surface area contributed by atoms with Crippen molar-refractivity contribution in [1.82, 2.24) is 5.32 Å². The number of fused-ring (bicyclic) bond motifs is 1. The van der Waals surface area contributed by atoms with Crippen molar-refractivity contribution in [1.29, 1.82) is 0 Å². The second-order valence-electron chi connectivity index (χ2n) is 8.81. The van der Waals surface area contributed by atoms with Gasteiger partial charge in [-0.1, -0.05) is 37.0 Å². The number of anilines is 1. The van der Waals surface area contributed by atoms with Crippen LogP contribution in [0, 0.1) is 21.3 Å². The maximum absolute atomic E-state index is 13.7. The lowest BCUT2D eigenvalue weighted by molar-refractivity contribution is -0.149. The van der Waals surface area contributed by atoms with E-state index in [0.29, 0.717) is 5.69 Å². The molecule has 0 spiro atoms. The highest BCUT2D eigenvalue weighted by atomic mass is 127. The third kappa shape index (κ3) is 3.90. The Hall–Kier alpha value is -1.88. The first-order valence-corrected chi connectivity index (χ1v) is 12.1. The first-order valence-electron chi connectivity index (χ1n) is 10.3. The molecule has 0 saturated carbocycles. The van der Waals surface area contributed by atoms with Crippen LogP contribution in [0.5, 0.6) is 5.75 Å². The van der Waals surface area contributed by atoms with Crippen LogP contribution in [0.3, 0.4) is 0 Å². The van der Waals surface area contributed by atoms with Gasteiger partial charge in [0.1, 0.15) is 11.3 Å². The number of aromatic hydroxyl groups is 1. The molecule has 2 aromatic carbocycles. The van der Waals surface area contributed by atoms with Crippen LogP contribution in [0.25, 0.3) is 0 Å². The molecule has 2 saturated heterocycles. The lowest BCUT2D eigenvalue weighted by Crippen LogP contribution is -2.56. The van der Waals surface area contributed by atoms with Gasteiger partial charge in [-0.15, -0.1) is 0 Å². The van der Waals surface area contributed by atoms with E-state index in [4.69, 9.17) is 23.2 Å². The Morgan fingerprint density at radius 1 is 1.18 bits per heavy atom. The summed E-state index contributed by atoms with van der Waals surface area (Å²) in [5.74, 6) is -5.00. The van der Waals surface area contributed by atoms with E-state index in [1.807, 2.05) is 13.8 Å². The van der Waals surface area contributed by atoms with Gasteiger partial charge in [0.05, 0.1) is 22.5 Å². The molecule has 2 aromatic rings. The summed E-state index contributed by atoms with van der Waals surface area (Å²) >= 11 is 14.4. The van der Waals surface area contributed by atoms with E-state index in [1.165, 1.54) is 12.1 Å². The maximum atomic E-state index is 13.7. The zero-order valence-electron chi connectivity index (χ0n) is 17.7. The zero-order chi connectivity index (χ0) is 24.2. The molecule has 2 heterocycles. The summed E-state index contributed by atoms with van der Waals surface area (Å²) in [6, 6.07) is 8.65. The van der Waals surface area contributed by atoms with Gasteiger partial charge in [0.25, 0.3) is 0 Å². The monoisotopic (exact) mass is 602 g/mol. The highest BCUT2D eigenvalue weighted by molar-refractivity contribution is 14.1. The van der Waals surface area contributed by atoms with E-state index in [1.54, 1.807) is 24.3 Å². The number of phenolic OH excluding ortho intramolecular Hbond substituents is 1. The topological polar surface area (TPSA) is 107 Å². The summed E-state index contributed by atoms with van der Waals surface area (Å²) in [6.07, 6.45) is 0.106. The van der Waals surface area contributed by atoms with Gasteiger partial charge in [0, 0.05) is 20.2 Å². The molecule has 2 aliphatic heterocycles. The number of phenols is 1. The minimum absolute atomic E-state index is 0.0289. The minimum atomic E-state index is -1.71. The highest BCUT2D eigenvalue weighted by Gasteiger charge is 2.69. The standard InChI is InChI=1S/C23H21Cl2IN2O5/c1-10(2)9-23(22(32)33)17-16(18(27-23)14-7-11(24)8-15(25)19(14)29)20(30)28(21(17)31)13-5-3-12(26)4-6-13/h3-8,10,16-18,27,29H,9H2,1-2H3,(H,32,33)/t16-,17+,18+,23-/m0/s1. The molecule has 3 N–H and O–H groups in total. The first kappa shape index (κ1) is 24.3. The SMILES string of the molecule is CC(C)C[C@]1(C(=O)O)N[C@H](c2cc(Cl)cc(Cl)c2O)[C@H]2C(=O)N(c3ccc(I)cc3)C(=O)[C@@H]21. The number of nitrogens with zero attached hydrogens (tertiary/aromatic N) is 1. The molecule has 33 heavy (non-hydrogen) atoms. The molecule has 4 rings (SSSR count). The molecule has 0 unspecified atom stereocenters. The summed E-state index contributed by atoms with van der Waals surface area (Å²) in [6.45, 7) is 3.70. The van der Waals surface area contributed by atoms with E-state index >= 15 is 0 Å². The van der Waals surface area contributed by atoms with Crippen LogP contribution in [-0.2, 0) is 14.4 Å². The molecule has 0 aromatic heterocycles. The largest absolute Gasteiger partial charge is 0.506 e. The number of imide groups is 1. The Morgan fingerprint density at radius 2 is 1.82 bits per heavy atom. The number of carboxylic acid groups (broad SMARTS) is 1. The number of carbonyl (C=O) groups is 3. The van der Waals surface area contributed by atoms with Crippen molar-refractivity contribution in [3.05, 3.63) is 55.6 Å². The highest BCUT2D eigenvalue weighted by Crippen LogP contribution is 2.53. The van der Waals surface area contributed by atoms with Crippen LogP contribution in [0.4, 0.5) is 5.69 Å². The van der Waals surface area contributed by atoms with Crippen LogP contribution in [-0.4, -0.2) is 33.5 Å². The Balaban J connectivity index is 1.91. The predicted octanol–water partition coefficient (Wildman–Crippen LogP) is 4.62. The fraction of sp³-hybridized carbons (Fsp3) is 0.348. The average molecular weight is 603 g/mol. The normalized spacial score (nSPS) is 26.8. The summed E-state index contributed by atoms with van der Waals surface area (Å²) in [4.78, 5) is 41.1. The number of benzene rings is 2. The third-order valence-corrected chi connectivity index (χ3v) is 7.47. The van der Waals surface area contributed by atoms with Crippen molar-refractivity contribution in [2.24, 2.45) is 17.8 Å². The molecule has 174 valence electrons. The number of hydrogen-bond donors (Lipinski definition) is 3. The number of rotatable bonds is 5. The summed E-state index contributed by atoms with van der Waals surface area (Å²) in [5.41, 5.74) is -1.16. The van der Waals surface area contributed by atoms with Gasteiger partial charge < -0.3 is 10.2 Å². The van der Waals surface area contributed by atoms with Crippen LogP contribution >= 0.6 is 45.8 Å². The Morgan fingerprint density at radius 3 is 2.39 bits per heavy atom. The number of nitrogens with one attached hydrogen (secondary N) is 1. The average Bonchev–Trinajstić information content (AvgIpc) is 3.20. The molecule has 2 aliphatic rings. The van der Waals surface area contributed by atoms with Crippen molar-refractivity contribution in [3.63, 3.8) is 0 Å². The van der Waals surface area contributed by atoms with Gasteiger partial charge in [0.15, 0.2) is 0 Å². The van der Waals surface area contributed by atoms with Gasteiger partial charge in [-0.2, -0.15) is 0 Å². The number of carbonyl (C=O) groups excluding carboxylic acids is 2. The molecule has 4 atom stereocenters. The van der Waals surface area contributed by atoms with E-state index in [-0.39, 0.29) is 33.7 Å². The number of amides is 2. The minimum Gasteiger partial charge on any atom is -0.506 e. The Bertz CT molecular complexity index is 1160. The Kier molecular flexibility index (Phi) is 6.41. The smallest absolute Gasteiger partial charge is 0.324 e. The number of hydrogen-bond acceptors (Lipinski definition) is 5. The predicted molar refractivity (Wildman–Crippen MR) is 132 cm³/mol. The summed E-state index contributed by atoms with van der Waals surface area (Å²) in [5, 5.41) is 24.2. The molecule has 0 radical (unpaired) electrons. The zero-order valence-corrected chi connectivity index (χ0v) is 21.4. The molecule has 0 bridgehead atoms. The van der Waals surface area contributed by atoms with Gasteiger partial charge in [-0.05, 0) is 71.3 Å². The van der Waals surface area contributed by atoms with Gasteiger partial charge >= 0.3 is 5.97 Å². The summed E-state index contributed by atoms with van der Waals surface area (Å²) in [7, 11) is 0. The maximum Gasteiger partial charge on any atom is 0.324 e. The first-order chi connectivity index (χ1) is 15.5. The molecular weight excluding hydrogens is 582 g/mol. The number of halogens is 3. The lowest BCUT2D eigenvalue weighted by Gasteiger charge is -2.32. The van der Waals surface area contributed by atoms with E-state index in [2.05, 4.69) is 27.9 Å². The van der Waals surface area contributed by atoms with Crippen LogP contribution in [0.1, 0.15) is 31.9 Å². The Labute approximate surface area is 214 Å². The van der Waals surface area contributed by atoms with Gasteiger partial charge in [-0.3, -0.25) is 19.7 Å². The summed E-state index contributed by atoms with van der Waals surface area (Å²) < 4.78 is 0.924. The number of carboxylic acids is 1. The van der Waals surface area contributed by atoms with Crippen molar-refractivity contribution in [2.75, 3.05) is 4.90 Å². The van der Waals surface area contributed by atoms with Gasteiger partial charge in [0.2, 0.25) is 11.8 Å². The van der Waals surface area contributed by atoms with E-state index in [9.17, 15) is 24.6 Å². The molecular formula is C23H21Cl2IN2O5. The fourth-order valence-electron chi connectivity index (χ4n) is 5.05. The van der Waals surface area contributed by atoms with Crippen molar-refractivity contribution in [2.45, 2.75) is 31.8 Å². The van der Waals surface area contributed by atoms with Crippen LogP contribution in [0.2, 0.25) is 10.0 Å². The second kappa shape index (κ2) is 8.72. The van der Waals surface area contributed by atoms with Gasteiger partial charge in [-0.25, -0.2) is 4.90 Å². The molecule has 0 aliphatic carbocycles. The quantitative estimate of drug-likeness (QED) is 0.340. The third-order valence-electron chi connectivity index (χ3n) is 6.24.